The van der Waals surface area contributed by atoms with E-state index in [4.69, 9.17) is 4.98 Å². The predicted octanol–water partition coefficient (Wildman–Crippen LogP) is 4.31. The number of hydrogen-bond donors (Lipinski definition) is 2. The fourth-order valence-corrected chi connectivity index (χ4v) is 6.58. The van der Waals surface area contributed by atoms with Crippen LogP contribution >= 0.6 is 11.8 Å². The summed E-state index contributed by atoms with van der Waals surface area (Å²) in [5, 5.41) is 11.3. The second-order valence-electron chi connectivity index (χ2n) is 8.82. The van der Waals surface area contributed by atoms with Crippen LogP contribution in [0.3, 0.4) is 0 Å². The lowest BCUT2D eigenvalue weighted by Gasteiger charge is -2.55. The number of benzene rings is 1. The lowest BCUT2D eigenvalue weighted by atomic mass is 9.49. The summed E-state index contributed by atoms with van der Waals surface area (Å²) in [5.74, 6) is 4.04. The molecule has 1 aromatic carbocycles. The highest BCUT2D eigenvalue weighted by molar-refractivity contribution is 7.99. The normalized spacial score (nSPS) is 31.2. The van der Waals surface area contributed by atoms with Gasteiger partial charge in [0.2, 0.25) is 11.1 Å². The van der Waals surface area contributed by atoms with Gasteiger partial charge in [0.15, 0.2) is 0 Å². The molecule has 6 rings (SSSR count). The van der Waals surface area contributed by atoms with Crippen molar-refractivity contribution in [3.05, 3.63) is 35.7 Å². The third-order valence-electron chi connectivity index (χ3n) is 6.76. The van der Waals surface area contributed by atoms with Gasteiger partial charge in [0, 0.05) is 11.1 Å². The zero-order valence-corrected chi connectivity index (χ0v) is 16.5. The number of carbonyl (C=O) groups is 1. The summed E-state index contributed by atoms with van der Waals surface area (Å²) in [5.41, 5.74) is 2.16. The van der Waals surface area contributed by atoms with E-state index in [-0.39, 0.29) is 11.3 Å². The van der Waals surface area contributed by atoms with Crippen molar-refractivity contribution >= 4 is 23.4 Å². The third-order valence-corrected chi connectivity index (χ3v) is 7.60. The van der Waals surface area contributed by atoms with E-state index in [9.17, 15) is 4.79 Å². The van der Waals surface area contributed by atoms with Gasteiger partial charge in [0.25, 0.3) is 0 Å². The molecular formula is C21H26N4OS. The van der Waals surface area contributed by atoms with E-state index in [2.05, 4.69) is 15.5 Å². The molecule has 0 unspecified atom stereocenters. The Kier molecular flexibility index (Phi) is 4.26. The van der Waals surface area contributed by atoms with Crippen LogP contribution in [0.5, 0.6) is 0 Å². The summed E-state index contributed by atoms with van der Waals surface area (Å²) < 4.78 is 0. The lowest BCUT2D eigenvalue weighted by Crippen LogP contribution is -2.49. The van der Waals surface area contributed by atoms with Crippen molar-refractivity contribution in [2.45, 2.75) is 56.0 Å². The first-order valence-electron chi connectivity index (χ1n) is 10.0. The quantitative estimate of drug-likeness (QED) is 0.756. The molecule has 0 radical (unpaired) electrons. The Morgan fingerprint density at radius 1 is 1.19 bits per heavy atom. The maximum atomic E-state index is 12.3. The highest BCUT2D eigenvalue weighted by Gasteiger charge is 2.53. The standard InChI is InChI=1S/C21H26N4OS/c1-13-4-2-3-5-17(13)22-18(26)12-27-20-23-19(24-25-20)21-9-14-6-15(10-21)8-16(7-14)11-21/h2-5,14-16H,6-12H2,1H3,(H,22,26)(H,23,24,25). The largest absolute Gasteiger partial charge is 0.325 e. The van der Waals surface area contributed by atoms with Crippen LogP contribution in [0.2, 0.25) is 0 Å². The van der Waals surface area contributed by atoms with Gasteiger partial charge in [-0.1, -0.05) is 30.0 Å². The van der Waals surface area contributed by atoms with Crippen LogP contribution in [-0.2, 0) is 10.2 Å². The number of nitrogens with zero attached hydrogens (tertiary/aromatic N) is 2. The van der Waals surface area contributed by atoms with Crippen LogP contribution in [0.15, 0.2) is 29.4 Å². The maximum Gasteiger partial charge on any atom is 0.234 e. The van der Waals surface area contributed by atoms with Crippen molar-refractivity contribution in [3.63, 3.8) is 0 Å². The number of anilines is 1. The molecule has 1 aromatic heterocycles. The van der Waals surface area contributed by atoms with E-state index in [1.54, 1.807) is 0 Å². The Morgan fingerprint density at radius 2 is 1.85 bits per heavy atom. The van der Waals surface area contributed by atoms with E-state index in [0.29, 0.717) is 10.9 Å². The number of nitrogens with one attached hydrogen (secondary N) is 2. The van der Waals surface area contributed by atoms with Crippen LogP contribution in [0.25, 0.3) is 0 Å². The Morgan fingerprint density at radius 3 is 2.52 bits per heavy atom. The van der Waals surface area contributed by atoms with Crippen molar-refractivity contribution in [1.82, 2.24) is 15.2 Å². The number of aromatic nitrogens is 3. The molecular weight excluding hydrogens is 356 g/mol. The number of aryl methyl sites for hydroxylation is 1. The van der Waals surface area contributed by atoms with Gasteiger partial charge < -0.3 is 5.32 Å². The Labute approximate surface area is 164 Å². The smallest absolute Gasteiger partial charge is 0.234 e. The molecule has 5 nitrogen and oxygen atoms in total. The monoisotopic (exact) mass is 382 g/mol. The topological polar surface area (TPSA) is 70.7 Å². The molecule has 0 spiro atoms. The number of hydrogen-bond acceptors (Lipinski definition) is 4. The molecule has 0 atom stereocenters. The molecule has 1 heterocycles. The maximum absolute atomic E-state index is 12.3. The number of rotatable bonds is 5. The van der Waals surface area contributed by atoms with E-state index in [1.807, 2.05) is 31.2 Å². The van der Waals surface area contributed by atoms with E-state index in [1.165, 1.54) is 50.3 Å². The first-order valence-corrected chi connectivity index (χ1v) is 11.0. The number of amides is 1. The van der Waals surface area contributed by atoms with Crippen molar-refractivity contribution in [3.8, 4) is 0 Å². The number of thioether (sulfide) groups is 1. The Balaban J connectivity index is 1.23. The molecule has 4 aliphatic rings. The first kappa shape index (κ1) is 17.3. The van der Waals surface area contributed by atoms with Crippen LogP contribution in [0.1, 0.15) is 49.9 Å². The number of para-hydroxylation sites is 1. The van der Waals surface area contributed by atoms with Gasteiger partial charge in [-0.15, -0.1) is 5.10 Å². The van der Waals surface area contributed by atoms with Gasteiger partial charge in [-0.25, -0.2) is 4.98 Å². The molecule has 6 heteroatoms. The minimum Gasteiger partial charge on any atom is -0.325 e. The zero-order chi connectivity index (χ0) is 18.4. The Hall–Kier alpha value is -1.82. The van der Waals surface area contributed by atoms with Gasteiger partial charge in [-0.3, -0.25) is 9.89 Å². The summed E-state index contributed by atoms with van der Waals surface area (Å²) in [7, 11) is 0. The Bertz CT molecular complexity index is 826. The molecule has 4 aliphatic carbocycles. The lowest BCUT2D eigenvalue weighted by molar-refractivity contribution is -0.113. The number of carbonyl (C=O) groups excluding carboxylic acids is 1. The molecule has 0 saturated heterocycles. The number of aromatic amines is 1. The molecule has 2 N–H and O–H groups in total. The molecule has 4 fully saturated rings. The van der Waals surface area contributed by atoms with Gasteiger partial charge >= 0.3 is 0 Å². The van der Waals surface area contributed by atoms with E-state index >= 15 is 0 Å². The van der Waals surface area contributed by atoms with Gasteiger partial charge in [-0.2, -0.15) is 0 Å². The van der Waals surface area contributed by atoms with Crippen LogP contribution in [-0.4, -0.2) is 26.8 Å². The molecule has 27 heavy (non-hydrogen) atoms. The summed E-state index contributed by atoms with van der Waals surface area (Å²) in [4.78, 5) is 17.1. The minimum absolute atomic E-state index is 0.0181. The minimum atomic E-state index is -0.0181. The average Bonchev–Trinajstić information content (AvgIpc) is 3.11. The van der Waals surface area contributed by atoms with Crippen LogP contribution in [0, 0.1) is 24.7 Å². The molecule has 2 aromatic rings. The van der Waals surface area contributed by atoms with Gasteiger partial charge in [-0.05, 0) is 74.8 Å². The van der Waals surface area contributed by atoms with Crippen molar-refractivity contribution < 1.29 is 4.79 Å². The highest BCUT2D eigenvalue weighted by Crippen LogP contribution is 2.60. The fraction of sp³-hybridized carbons (Fsp3) is 0.571. The zero-order valence-electron chi connectivity index (χ0n) is 15.7. The SMILES string of the molecule is Cc1ccccc1NC(=O)CSc1n[nH]c(C23CC4CC(CC(C4)C2)C3)n1. The van der Waals surface area contributed by atoms with E-state index < -0.39 is 0 Å². The van der Waals surface area contributed by atoms with Gasteiger partial charge in [0.1, 0.15) is 5.82 Å². The summed E-state index contributed by atoms with van der Waals surface area (Å²) in [6.45, 7) is 2.00. The number of H-pyrrole nitrogens is 1. The fourth-order valence-electron chi connectivity index (χ4n) is 5.98. The van der Waals surface area contributed by atoms with Crippen molar-refractivity contribution in [2.75, 3.05) is 11.1 Å². The molecule has 1 amide bonds. The summed E-state index contributed by atoms with van der Waals surface area (Å²) in [6.07, 6.45) is 8.08. The molecule has 4 bridgehead atoms. The highest BCUT2D eigenvalue weighted by atomic mass is 32.2. The first-order chi connectivity index (χ1) is 13.1. The van der Waals surface area contributed by atoms with Crippen LogP contribution < -0.4 is 5.32 Å². The summed E-state index contributed by atoms with van der Waals surface area (Å²) in [6, 6.07) is 7.83. The van der Waals surface area contributed by atoms with Crippen LogP contribution in [0.4, 0.5) is 5.69 Å². The molecule has 0 aliphatic heterocycles. The van der Waals surface area contributed by atoms with Crippen molar-refractivity contribution in [1.29, 1.82) is 0 Å². The summed E-state index contributed by atoms with van der Waals surface area (Å²) >= 11 is 1.41. The van der Waals surface area contributed by atoms with Crippen molar-refractivity contribution in [2.24, 2.45) is 17.8 Å². The second-order valence-corrected chi connectivity index (χ2v) is 9.76. The van der Waals surface area contributed by atoms with Gasteiger partial charge in [0.05, 0.1) is 5.75 Å². The third kappa shape index (κ3) is 3.28. The molecule has 142 valence electrons. The molecule has 4 saturated carbocycles. The second kappa shape index (κ2) is 6.66. The van der Waals surface area contributed by atoms with E-state index in [0.717, 1.165) is 34.8 Å². The average molecular weight is 383 g/mol. The predicted molar refractivity (Wildman–Crippen MR) is 107 cm³/mol.